The van der Waals surface area contributed by atoms with E-state index in [-0.39, 0.29) is 0 Å². The molecule has 0 bridgehead atoms. The number of nitrogens with two attached hydrogens (primary N) is 1. The van der Waals surface area contributed by atoms with E-state index >= 15 is 0 Å². The monoisotopic (exact) mass is 262 g/mol. The van der Waals surface area contributed by atoms with Crippen molar-refractivity contribution in [3.05, 3.63) is 23.8 Å². The zero-order chi connectivity index (χ0) is 13.8. The highest BCUT2D eigenvalue weighted by Gasteiger charge is 2.07. The van der Waals surface area contributed by atoms with E-state index in [0.29, 0.717) is 12.6 Å². The van der Waals surface area contributed by atoms with E-state index < -0.39 is 0 Å². The van der Waals surface area contributed by atoms with Gasteiger partial charge >= 0.3 is 0 Å². The number of imidazole rings is 1. The summed E-state index contributed by atoms with van der Waals surface area (Å²) in [4.78, 5) is 6.46. The Morgan fingerprint density at radius 3 is 2.84 bits per heavy atom. The first kappa shape index (κ1) is 13.8. The average Bonchev–Trinajstić information content (AvgIpc) is 2.65. The van der Waals surface area contributed by atoms with Crippen molar-refractivity contribution in [2.45, 2.75) is 13.5 Å². The molecule has 2 N–H and O–H groups in total. The summed E-state index contributed by atoms with van der Waals surface area (Å²) in [6.45, 7) is 5.12. The van der Waals surface area contributed by atoms with Crippen LogP contribution in [0.3, 0.4) is 0 Å². The van der Waals surface area contributed by atoms with Crippen LogP contribution in [0, 0.1) is 6.92 Å². The molecule has 0 atom stereocenters. The van der Waals surface area contributed by atoms with Crippen LogP contribution in [0.1, 0.15) is 5.56 Å². The number of anilines is 1. The number of fused-ring (bicyclic) bond motifs is 1. The topological polar surface area (TPSA) is 56.3 Å². The fourth-order valence-corrected chi connectivity index (χ4v) is 1.99. The van der Waals surface area contributed by atoms with Crippen LogP contribution in [0.15, 0.2) is 18.2 Å². The lowest BCUT2D eigenvalue weighted by Gasteiger charge is -2.11. The molecular formula is C14H22N4O. The average molecular weight is 262 g/mol. The summed E-state index contributed by atoms with van der Waals surface area (Å²) in [6, 6.07) is 6.16. The fourth-order valence-electron chi connectivity index (χ4n) is 1.99. The van der Waals surface area contributed by atoms with Crippen LogP contribution in [0.5, 0.6) is 0 Å². The number of nitrogen functional groups attached to an aromatic ring is 1. The predicted octanol–water partition coefficient (Wildman–Crippen LogP) is 1.51. The second-order valence-electron chi connectivity index (χ2n) is 5.03. The number of aryl methyl sites for hydroxylation is 1. The second kappa shape index (κ2) is 6.04. The molecule has 0 saturated carbocycles. The first-order valence-corrected chi connectivity index (χ1v) is 6.53. The quantitative estimate of drug-likeness (QED) is 0.802. The molecule has 0 radical (unpaired) electrons. The molecule has 0 saturated heterocycles. The van der Waals surface area contributed by atoms with Gasteiger partial charge in [-0.05, 0) is 38.7 Å². The Kier molecular flexibility index (Phi) is 4.39. The van der Waals surface area contributed by atoms with Gasteiger partial charge in [0.25, 0.3) is 0 Å². The maximum Gasteiger partial charge on any atom is 0.201 e. The van der Waals surface area contributed by atoms with Gasteiger partial charge in [-0.2, -0.15) is 0 Å². The summed E-state index contributed by atoms with van der Waals surface area (Å²) in [5.41, 5.74) is 9.18. The van der Waals surface area contributed by atoms with Crippen molar-refractivity contribution < 1.29 is 4.74 Å². The van der Waals surface area contributed by atoms with Crippen LogP contribution in [-0.2, 0) is 11.3 Å². The molecule has 1 heterocycles. The molecular weight excluding hydrogens is 240 g/mol. The Bertz CT molecular complexity index is 548. The standard InChI is InChI=1S/C14H22N4O/c1-11-4-5-12-13(10-11)18(14(15)16-12)7-9-19-8-6-17(2)3/h4-5,10H,6-9H2,1-3H3,(H2,15,16). The third-order valence-corrected chi connectivity index (χ3v) is 3.08. The first-order valence-electron chi connectivity index (χ1n) is 6.53. The molecule has 5 heteroatoms. The Morgan fingerprint density at radius 2 is 2.11 bits per heavy atom. The Balaban J connectivity index is 2.00. The molecule has 0 aliphatic heterocycles. The van der Waals surface area contributed by atoms with Gasteiger partial charge in [0.05, 0.1) is 24.2 Å². The highest BCUT2D eigenvalue weighted by atomic mass is 16.5. The number of aromatic nitrogens is 2. The summed E-state index contributed by atoms with van der Waals surface area (Å²) in [5, 5.41) is 0. The van der Waals surface area contributed by atoms with E-state index in [0.717, 1.165) is 30.7 Å². The van der Waals surface area contributed by atoms with Crippen LogP contribution in [-0.4, -0.2) is 48.3 Å². The first-order chi connectivity index (χ1) is 9.08. The third kappa shape index (κ3) is 3.45. The van der Waals surface area contributed by atoms with Gasteiger partial charge < -0.3 is 19.9 Å². The van der Waals surface area contributed by atoms with Gasteiger partial charge in [-0.25, -0.2) is 4.98 Å². The van der Waals surface area contributed by atoms with Crippen molar-refractivity contribution in [1.29, 1.82) is 0 Å². The molecule has 19 heavy (non-hydrogen) atoms. The van der Waals surface area contributed by atoms with Gasteiger partial charge in [-0.1, -0.05) is 6.07 Å². The highest BCUT2D eigenvalue weighted by molar-refractivity contribution is 5.79. The number of benzene rings is 1. The van der Waals surface area contributed by atoms with Gasteiger partial charge in [0, 0.05) is 13.1 Å². The van der Waals surface area contributed by atoms with Gasteiger partial charge in [-0.3, -0.25) is 0 Å². The van der Waals surface area contributed by atoms with Crippen LogP contribution >= 0.6 is 0 Å². The molecule has 104 valence electrons. The van der Waals surface area contributed by atoms with E-state index in [1.54, 1.807) is 0 Å². The number of rotatable bonds is 6. The van der Waals surface area contributed by atoms with E-state index in [1.165, 1.54) is 5.56 Å². The zero-order valence-electron chi connectivity index (χ0n) is 11.9. The maximum atomic E-state index is 5.95. The fraction of sp³-hybridized carbons (Fsp3) is 0.500. The lowest BCUT2D eigenvalue weighted by atomic mass is 10.2. The van der Waals surface area contributed by atoms with Crippen molar-refractivity contribution in [1.82, 2.24) is 14.5 Å². The molecule has 0 unspecified atom stereocenters. The number of nitrogens with zero attached hydrogens (tertiary/aromatic N) is 3. The molecule has 2 aromatic rings. The minimum absolute atomic E-state index is 0.553. The van der Waals surface area contributed by atoms with Crippen LogP contribution < -0.4 is 5.73 Å². The van der Waals surface area contributed by atoms with Gasteiger partial charge in [0.1, 0.15) is 0 Å². The number of ether oxygens (including phenoxy) is 1. The lowest BCUT2D eigenvalue weighted by molar-refractivity contribution is 0.112. The summed E-state index contributed by atoms with van der Waals surface area (Å²) in [5.74, 6) is 0.553. The Morgan fingerprint density at radius 1 is 1.32 bits per heavy atom. The van der Waals surface area contributed by atoms with Crippen molar-refractivity contribution >= 4 is 17.0 Å². The third-order valence-electron chi connectivity index (χ3n) is 3.08. The second-order valence-corrected chi connectivity index (χ2v) is 5.03. The van der Waals surface area contributed by atoms with E-state index in [9.17, 15) is 0 Å². The SMILES string of the molecule is Cc1ccc2nc(N)n(CCOCCN(C)C)c2c1. The predicted molar refractivity (Wildman–Crippen MR) is 78.3 cm³/mol. The van der Waals surface area contributed by atoms with Gasteiger partial charge in [0.15, 0.2) is 0 Å². The number of likely N-dealkylation sites (N-methyl/N-ethyl adjacent to an activating group) is 1. The van der Waals surface area contributed by atoms with Crippen molar-refractivity contribution in [3.8, 4) is 0 Å². The zero-order valence-corrected chi connectivity index (χ0v) is 11.9. The Labute approximate surface area is 114 Å². The van der Waals surface area contributed by atoms with Crippen molar-refractivity contribution in [2.24, 2.45) is 0 Å². The smallest absolute Gasteiger partial charge is 0.201 e. The number of hydrogen-bond donors (Lipinski definition) is 1. The minimum Gasteiger partial charge on any atom is -0.378 e. The summed E-state index contributed by atoms with van der Waals surface area (Å²) in [7, 11) is 4.07. The summed E-state index contributed by atoms with van der Waals surface area (Å²) >= 11 is 0. The molecule has 0 amide bonds. The van der Waals surface area contributed by atoms with Crippen molar-refractivity contribution in [3.63, 3.8) is 0 Å². The summed E-state index contributed by atoms with van der Waals surface area (Å²) < 4.78 is 7.62. The number of hydrogen-bond acceptors (Lipinski definition) is 4. The van der Waals surface area contributed by atoms with E-state index in [1.807, 2.05) is 30.8 Å². The normalized spacial score (nSPS) is 11.6. The van der Waals surface area contributed by atoms with E-state index in [2.05, 4.69) is 22.9 Å². The largest absolute Gasteiger partial charge is 0.378 e. The molecule has 2 rings (SSSR count). The molecule has 1 aromatic heterocycles. The van der Waals surface area contributed by atoms with Gasteiger partial charge in [-0.15, -0.1) is 0 Å². The maximum absolute atomic E-state index is 5.95. The Hall–Kier alpha value is -1.59. The molecule has 1 aromatic carbocycles. The highest BCUT2D eigenvalue weighted by Crippen LogP contribution is 2.18. The molecule has 0 aliphatic rings. The minimum atomic E-state index is 0.553. The molecule has 0 aliphatic carbocycles. The lowest BCUT2D eigenvalue weighted by Crippen LogP contribution is -2.19. The van der Waals surface area contributed by atoms with Crippen LogP contribution in [0.4, 0.5) is 5.95 Å². The van der Waals surface area contributed by atoms with Gasteiger partial charge in [0.2, 0.25) is 5.95 Å². The summed E-state index contributed by atoms with van der Waals surface area (Å²) in [6.07, 6.45) is 0. The van der Waals surface area contributed by atoms with Crippen molar-refractivity contribution in [2.75, 3.05) is 39.6 Å². The van der Waals surface area contributed by atoms with E-state index in [4.69, 9.17) is 10.5 Å². The van der Waals surface area contributed by atoms with Crippen LogP contribution in [0.25, 0.3) is 11.0 Å². The van der Waals surface area contributed by atoms with Crippen LogP contribution in [0.2, 0.25) is 0 Å². The molecule has 0 fully saturated rings. The molecule has 5 nitrogen and oxygen atoms in total. The molecule has 0 spiro atoms.